The molecule has 4 N–H and O–H groups in total. The summed E-state index contributed by atoms with van der Waals surface area (Å²) in [5.41, 5.74) is 6.70. The summed E-state index contributed by atoms with van der Waals surface area (Å²) >= 11 is 0. The van der Waals surface area contributed by atoms with Crippen LogP contribution < -0.4 is 11.3 Å². The van der Waals surface area contributed by atoms with Gasteiger partial charge in [0.15, 0.2) is 11.2 Å². The van der Waals surface area contributed by atoms with Gasteiger partial charge in [0.05, 0.1) is 18.7 Å². The summed E-state index contributed by atoms with van der Waals surface area (Å²) in [5.74, 6) is -0.00118. The van der Waals surface area contributed by atoms with E-state index in [1.807, 2.05) is 36.4 Å². The highest BCUT2D eigenvalue weighted by Gasteiger charge is 2.36. The molecule has 3 heterocycles. The van der Waals surface area contributed by atoms with Crippen molar-refractivity contribution in [3.05, 3.63) is 58.8 Å². The molecule has 1 saturated heterocycles. The lowest BCUT2D eigenvalue weighted by atomic mass is 10.2. The van der Waals surface area contributed by atoms with Gasteiger partial charge in [-0.1, -0.05) is 30.3 Å². The summed E-state index contributed by atoms with van der Waals surface area (Å²) in [6, 6.07) is 9.74. The lowest BCUT2D eigenvalue weighted by molar-refractivity contribution is -0.0457. The molecular weight excluding hydrogens is 350 g/mol. The minimum Gasteiger partial charge on any atom is -0.498 e. The molecule has 0 saturated carbocycles. The maximum absolute atomic E-state index is 11.9. The van der Waals surface area contributed by atoms with Gasteiger partial charge in [-0.3, -0.25) is 14.3 Å². The maximum atomic E-state index is 11.9. The van der Waals surface area contributed by atoms with E-state index >= 15 is 0 Å². The zero-order chi connectivity index (χ0) is 18.8. The Morgan fingerprint density at radius 2 is 2.22 bits per heavy atom. The van der Waals surface area contributed by atoms with Crippen LogP contribution in [0, 0.1) is 0 Å². The van der Waals surface area contributed by atoms with Crippen LogP contribution in [-0.2, 0) is 9.47 Å². The standard InChI is InChI=1S/C18H19N5O4/c19-18-21-16-15(17(25)22-18)20-10-23(16)14-8-12(24)13(27-14)9-26-7-6-11-4-2-1-3-5-11/h1-7,10,12-14,24H,8-9H2,(H3,19,21,22,25)/t12-,13+,14+/m0/s1. The van der Waals surface area contributed by atoms with Crippen molar-refractivity contribution in [2.75, 3.05) is 12.3 Å². The van der Waals surface area contributed by atoms with Crippen LogP contribution in [0.5, 0.6) is 0 Å². The van der Waals surface area contributed by atoms with E-state index in [0.717, 1.165) is 5.56 Å². The van der Waals surface area contributed by atoms with Crippen LogP contribution in [0.25, 0.3) is 17.2 Å². The third-order valence-corrected chi connectivity index (χ3v) is 4.38. The van der Waals surface area contributed by atoms with E-state index in [1.165, 1.54) is 6.33 Å². The monoisotopic (exact) mass is 369 g/mol. The number of nitrogens with zero attached hydrogens (tertiary/aromatic N) is 3. The van der Waals surface area contributed by atoms with E-state index < -0.39 is 24.0 Å². The number of anilines is 1. The largest absolute Gasteiger partial charge is 0.498 e. The van der Waals surface area contributed by atoms with Crippen LogP contribution in [0.4, 0.5) is 5.95 Å². The van der Waals surface area contributed by atoms with Crippen LogP contribution in [0.2, 0.25) is 0 Å². The van der Waals surface area contributed by atoms with Crippen LogP contribution >= 0.6 is 0 Å². The fourth-order valence-corrected chi connectivity index (χ4v) is 3.03. The normalized spacial score (nSPS) is 22.6. The summed E-state index contributed by atoms with van der Waals surface area (Å²) in [6.07, 6.45) is 3.47. The molecule has 9 heteroatoms. The molecule has 0 amide bonds. The molecule has 0 radical (unpaired) electrons. The van der Waals surface area contributed by atoms with E-state index in [0.29, 0.717) is 12.1 Å². The van der Waals surface area contributed by atoms with Gasteiger partial charge in [-0.05, 0) is 11.6 Å². The highest BCUT2D eigenvalue weighted by atomic mass is 16.6. The minimum absolute atomic E-state index is 0.00118. The number of nitrogen functional groups attached to an aromatic ring is 1. The van der Waals surface area contributed by atoms with Gasteiger partial charge in [-0.2, -0.15) is 4.98 Å². The molecular formula is C18H19N5O4. The zero-order valence-corrected chi connectivity index (χ0v) is 14.4. The highest BCUT2D eigenvalue weighted by Crippen LogP contribution is 2.30. The average molecular weight is 369 g/mol. The van der Waals surface area contributed by atoms with E-state index in [1.54, 1.807) is 10.8 Å². The summed E-state index contributed by atoms with van der Waals surface area (Å²) in [5, 5.41) is 10.3. The molecule has 0 spiro atoms. The molecule has 3 aromatic rings. The molecule has 9 nitrogen and oxygen atoms in total. The number of nitrogens with two attached hydrogens (primary N) is 1. The quantitative estimate of drug-likeness (QED) is 0.573. The number of aliphatic hydroxyl groups is 1. The number of imidazole rings is 1. The van der Waals surface area contributed by atoms with E-state index in [-0.39, 0.29) is 18.1 Å². The number of benzene rings is 1. The average Bonchev–Trinajstić information content (AvgIpc) is 3.23. The predicted octanol–water partition coefficient (Wildman–Crippen LogP) is 1.04. The first-order valence-corrected chi connectivity index (χ1v) is 8.51. The SMILES string of the molecule is Nc1nc2c(ncn2[C@H]2C[C@H](O)[C@@H](COC=Cc3ccccc3)O2)c(=O)[nH]1. The lowest BCUT2D eigenvalue weighted by Gasteiger charge is -2.15. The number of aromatic amines is 1. The molecule has 0 bridgehead atoms. The number of nitrogens with one attached hydrogen (secondary N) is 1. The minimum atomic E-state index is -0.711. The number of H-pyrrole nitrogens is 1. The molecule has 1 fully saturated rings. The second-order valence-electron chi connectivity index (χ2n) is 6.25. The second kappa shape index (κ2) is 7.22. The highest BCUT2D eigenvalue weighted by molar-refractivity contribution is 5.70. The maximum Gasteiger partial charge on any atom is 0.280 e. The molecule has 4 rings (SSSR count). The van der Waals surface area contributed by atoms with Crippen LogP contribution in [0.1, 0.15) is 18.2 Å². The number of hydrogen-bond acceptors (Lipinski definition) is 7. The topological polar surface area (TPSA) is 128 Å². The molecule has 27 heavy (non-hydrogen) atoms. The summed E-state index contributed by atoms with van der Waals surface area (Å²) < 4.78 is 13.0. The molecule has 140 valence electrons. The Labute approximate surface area is 154 Å². The molecule has 1 aromatic carbocycles. The summed E-state index contributed by atoms with van der Waals surface area (Å²) in [7, 11) is 0. The molecule has 1 aliphatic rings. The number of rotatable bonds is 5. The van der Waals surface area contributed by atoms with Crippen molar-refractivity contribution in [2.45, 2.75) is 24.9 Å². The van der Waals surface area contributed by atoms with E-state index in [4.69, 9.17) is 15.2 Å². The fourth-order valence-electron chi connectivity index (χ4n) is 3.03. The van der Waals surface area contributed by atoms with Crippen molar-refractivity contribution in [3.8, 4) is 0 Å². The molecule has 1 aliphatic heterocycles. The first-order chi connectivity index (χ1) is 13.1. The Hall–Kier alpha value is -3.17. The zero-order valence-electron chi connectivity index (χ0n) is 14.4. The molecule has 3 atom stereocenters. The van der Waals surface area contributed by atoms with Crippen LogP contribution in [-0.4, -0.2) is 43.4 Å². The van der Waals surface area contributed by atoms with Crippen molar-refractivity contribution >= 4 is 23.2 Å². The molecule has 0 unspecified atom stereocenters. The van der Waals surface area contributed by atoms with Gasteiger partial charge < -0.3 is 20.3 Å². The Bertz CT molecular complexity index is 1010. The smallest absolute Gasteiger partial charge is 0.280 e. The Kier molecular flexibility index (Phi) is 4.61. The van der Waals surface area contributed by atoms with Crippen LogP contribution in [0.3, 0.4) is 0 Å². The summed E-state index contributed by atoms with van der Waals surface area (Å²) in [6.45, 7) is 0.198. The first-order valence-electron chi connectivity index (χ1n) is 8.51. The van der Waals surface area contributed by atoms with E-state index in [9.17, 15) is 9.90 Å². The Balaban J connectivity index is 1.43. The Morgan fingerprint density at radius 3 is 3.04 bits per heavy atom. The van der Waals surface area contributed by atoms with Gasteiger partial charge in [-0.15, -0.1) is 0 Å². The number of fused-ring (bicyclic) bond motifs is 1. The van der Waals surface area contributed by atoms with Crippen molar-refractivity contribution in [3.63, 3.8) is 0 Å². The van der Waals surface area contributed by atoms with Crippen molar-refractivity contribution < 1.29 is 14.6 Å². The second-order valence-corrected chi connectivity index (χ2v) is 6.25. The lowest BCUT2D eigenvalue weighted by Crippen LogP contribution is -2.25. The molecule has 0 aliphatic carbocycles. The van der Waals surface area contributed by atoms with E-state index in [2.05, 4.69) is 15.0 Å². The third-order valence-electron chi connectivity index (χ3n) is 4.38. The van der Waals surface area contributed by atoms with Crippen molar-refractivity contribution in [1.82, 2.24) is 19.5 Å². The predicted molar refractivity (Wildman–Crippen MR) is 98.5 cm³/mol. The third kappa shape index (κ3) is 3.55. The van der Waals surface area contributed by atoms with Gasteiger partial charge in [-0.25, -0.2) is 4.98 Å². The van der Waals surface area contributed by atoms with Crippen LogP contribution in [0.15, 0.2) is 47.7 Å². The van der Waals surface area contributed by atoms with Gasteiger partial charge in [0.2, 0.25) is 5.95 Å². The first kappa shape index (κ1) is 17.3. The van der Waals surface area contributed by atoms with Gasteiger partial charge in [0.1, 0.15) is 18.9 Å². The summed E-state index contributed by atoms with van der Waals surface area (Å²) in [4.78, 5) is 22.5. The number of aromatic nitrogens is 4. The number of hydrogen-bond donors (Lipinski definition) is 3. The molecule has 2 aromatic heterocycles. The van der Waals surface area contributed by atoms with Crippen molar-refractivity contribution in [1.29, 1.82) is 0 Å². The van der Waals surface area contributed by atoms with Gasteiger partial charge >= 0.3 is 0 Å². The van der Waals surface area contributed by atoms with Gasteiger partial charge in [0, 0.05) is 6.42 Å². The van der Waals surface area contributed by atoms with Crippen molar-refractivity contribution in [2.24, 2.45) is 0 Å². The number of aliphatic hydroxyl groups excluding tert-OH is 1. The fraction of sp³-hybridized carbons (Fsp3) is 0.278. The number of ether oxygens (including phenoxy) is 2. The Morgan fingerprint density at radius 1 is 1.41 bits per heavy atom. The van der Waals surface area contributed by atoms with Gasteiger partial charge in [0.25, 0.3) is 5.56 Å².